The molecule has 0 aliphatic carbocycles. The molecule has 0 aliphatic heterocycles. The van der Waals surface area contributed by atoms with Gasteiger partial charge in [-0.15, -0.1) is 0 Å². The first-order valence-corrected chi connectivity index (χ1v) is 4.96. The van der Waals surface area contributed by atoms with Crippen LogP contribution in [0.25, 0.3) is 10.9 Å². The maximum atomic E-state index is 4.09. The predicted molar refractivity (Wildman–Crippen MR) is 60.4 cm³/mol. The van der Waals surface area contributed by atoms with E-state index in [4.69, 9.17) is 0 Å². The lowest BCUT2D eigenvalue weighted by Crippen LogP contribution is -1.87. The molecular weight excluding hydrogens is 172 g/mol. The van der Waals surface area contributed by atoms with E-state index in [0.29, 0.717) is 0 Å². The van der Waals surface area contributed by atoms with Crippen molar-refractivity contribution in [1.82, 2.24) is 10.2 Å². The highest BCUT2D eigenvalue weighted by atomic mass is 15.1. The molecule has 1 aromatic heterocycles. The molecule has 2 aromatic rings. The molecule has 2 heteroatoms. The molecule has 2 nitrogen and oxygen atoms in total. The fourth-order valence-corrected chi connectivity index (χ4v) is 1.25. The van der Waals surface area contributed by atoms with Gasteiger partial charge in [-0.05, 0) is 31.5 Å². The molecule has 0 spiro atoms. The van der Waals surface area contributed by atoms with Crippen LogP contribution in [-0.4, -0.2) is 10.2 Å². The van der Waals surface area contributed by atoms with Crippen molar-refractivity contribution in [2.45, 2.75) is 27.7 Å². The second kappa shape index (κ2) is 4.70. The highest BCUT2D eigenvalue weighted by Crippen LogP contribution is 2.12. The molecule has 0 fully saturated rings. The van der Waals surface area contributed by atoms with E-state index < -0.39 is 0 Å². The molecule has 0 N–H and O–H groups in total. The molecule has 0 atom stereocenters. The lowest BCUT2D eigenvalue weighted by molar-refractivity contribution is 1.02. The molecule has 0 radical (unpaired) electrons. The Balaban J connectivity index is 0.000000461. The number of benzene rings is 1. The molecule has 0 saturated heterocycles. The van der Waals surface area contributed by atoms with E-state index in [0.717, 1.165) is 16.6 Å². The summed E-state index contributed by atoms with van der Waals surface area (Å²) < 4.78 is 0. The van der Waals surface area contributed by atoms with Crippen LogP contribution in [0.15, 0.2) is 24.3 Å². The Morgan fingerprint density at radius 2 is 1.64 bits per heavy atom. The third-order valence-electron chi connectivity index (χ3n) is 1.87. The Morgan fingerprint density at radius 3 is 2.36 bits per heavy atom. The molecule has 0 aliphatic rings. The second-order valence-electron chi connectivity index (χ2n) is 3.05. The van der Waals surface area contributed by atoms with Gasteiger partial charge in [0.2, 0.25) is 0 Å². The van der Waals surface area contributed by atoms with Crippen LogP contribution in [0.1, 0.15) is 25.1 Å². The Bertz CT molecular complexity index is 380. The fourth-order valence-electron chi connectivity index (χ4n) is 1.25. The zero-order valence-electron chi connectivity index (χ0n) is 9.20. The lowest BCUT2D eigenvalue weighted by Gasteiger charge is -1.97. The van der Waals surface area contributed by atoms with Crippen LogP contribution in [0.4, 0.5) is 0 Å². The monoisotopic (exact) mass is 188 g/mol. The molecule has 0 amide bonds. The van der Waals surface area contributed by atoms with E-state index >= 15 is 0 Å². The van der Waals surface area contributed by atoms with Crippen LogP contribution in [-0.2, 0) is 0 Å². The van der Waals surface area contributed by atoms with Gasteiger partial charge in [0.1, 0.15) is 0 Å². The minimum Gasteiger partial charge on any atom is -0.155 e. The van der Waals surface area contributed by atoms with Gasteiger partial charge in [-0.25, -0.2) is 0 Å². The SMILES string of the molecule is CC.Cc1ccc2cc(C)nnc2c1. The highest BCUT2D eigenvalue weighted by Gasteiger charge is 1.95. The third-order valence-corrected chi connectivity index (χ3v) is 1.87. The summed E-state index contributed by atoms with van der Waals surface area (Å²) in [5, 5.41) is 9.25. The van der Waals surface area contributed by atoms with Gasteiger partial charge >= 0.3 is 0 Å². The summed E-state index contributed by atoms with van der Waals surface area (Å²) in [7, 11) is 0. The summed E-state index contributed by atoms with van der Waals surface area (Å²) >= 11 is 0. The number of rotatable bonds is 0. The smallest absolute Gasteiger partial charge is 0.0932 e. The topological polar surface area (TPSA) is 25.8 Å². The van der Waals surface area contributed by atoms with Gasteiger partial charge in [0.15, 0.2) is 0 Å². The maximum absolute atomic E-state index is 4.09. The first-order valence-electron chi connectivity index (χ1n) is 4.96. The van der Waals surface area contributed by atoms with Crippen molar-refractivity contribution in [3.8, 4) is 0 Å². The van der Waals surface area contributed by atoms with E-state index in [-0.39, 0.29) is 0 Å². The molecule has 0 bridgehead atoms. The molecule has 1 aromatic carbocycles. The Morgan fingerprint density at radius 1 is 0.929 bits per heavy atom. The Kier molecular flexibility index (Phi) is 3.57. The summed E-state index contributed by atoms with van der Waals surface area (Å²) in [6.07, 6.45) is 0. The number of aromatic nitrogens is 2. The standard InChI is InChI=1S/C10H10N2.C2H6/c1-7-3-4-9-6-8(2)11-12-10(9)5-7;1-2/h3-6H,1-2H3;1-2H3. The summed E-state index contributed by atoms with van der Waals surface area (Å²) in [6.45, 7) is 8.01. The van der Waals surface area contributed by atoms with Gasteiger partial charge in [0.25, 0.3) is 0 Å². The van der Waals surface area contributed by atoms with Crippen LogP contribution in [0.2, 0.25) is 0 Å². The third kappa shape index (κ3) is 2.28. The van der Waals surface area contributed by atoms with Crippen LogP contribution in [0.5, 0.6) is 0 Å². The van der Waals surface area contributed by atoms with Crippen molar-refractivity contribution in [2.24, 2.45) is 0 Å². The van der Waals surface area contributed by atoms with Gasteiger partial charge < -0.3 is 0 Å². The number of nitrogens with zero attached hydrogens (tertiary/aromatic N) is 2. The molecule has 2 rings (SSSR count). The quantitative estimate of drug-likeness (QED) is 0.634. The molecule has 0 unspecified atom stereocenters. The van der Waals surface area contributed by atoms with E-state index in [2.05, 4.69) is 29.3 Å². The van der Waals surface area contributed by atoms with Crippen molar-refractivity contribution in [2.75, 3.05) is 0 Å². The average Bonchev–Trinajstić information content (AvgIpc) is 2.21. The maximum Gasteiger partial charge on any atom is 0.0932 e. The van der Waals surface area contributed by atoms with Crippen molar-refractivity contribution < 1.29 is 0 Å². The molecule has 0 saturated carbocycles. The second-order valence-corrected chi connectivity index (χ2v) is 3.05. The number of hydrogen-bond donors (Lipinski definition) is 0. The zero-order chi connectivity index (χ0) is 10.6. The predicted octanol–water partition coefficient (Wildman–Crippen LogP) is 3.27. The fraction of sp³-hybridized carbons (Fsp3) is 0.333. The molecule has 74 valence electrons. The van der Waals surface area contributed by atoms with E-state index in [1.54, 1.807) is 0 Å². The Labute approximate surface area is 85.0 Å². The van der Waals surface area contributed by atoms with E-state index in [9.17, 15) is 0 Å². The van der Waals surface area contributed by atoms with Crippen molar-refractivity contribution in [3.05, 3.63) is 35.5 Å². The first kappa shape index (κ1) is 10.6. The molecule has 1 heterocycles. The van der Waals surface area contributed by atoms with Gasteiger partial charge in [-0.2, -0.15) is 10.2 Å². The summed E-state index contributed by atoms with van der Waals surface area (Å²) in [5.74, 6) is 0. The van der Waals surface area contributed by atoms with Crippen LogP contribution in [0.3, 0.4) is 0 Å². The summed E-state index contributed by atoms with van der Waals surface area (Å²) in [4.78, 5) is 0. The summed E-state index contributed by atoms with van der Waals surface area (Å²) in [6, 6.07) is 8.25. The zero-order valence-corrected chi connectivity index (χ0v) is 9.20. The number of aryl methyl sites for hydroxylation is 2. The van der Waals surface area contributed by atoms with Gasteiger partial charge in [-0.1, -0.05) is 26.0 Å². The molecular formula is C12H16N2. The first-order chi connectivity index (χ1) is 6.75. The van der Waals surface area contributed by atoms with Crippen LogP contribution < -0.4 is 0 Å². The van der Waals surface area contributed by atoms with E-state index in [1.807, 2.05) is 32.9 Å². The van der Waals surface area contributed by atoms with Crippen molar-refractivity contribution >= 4 is 10.9 Å². The number of hydrogen-bond acceptors (Lipinski definition) is 2. The van der Waals surface area contributed by atoms with E-state index in [1.165, 1.54) is 5.56 Å². The van der Waals surface area contributed by atoms with Gasteiger partial charge in [-0.3, -0.25) is 0 Å². The summed E-state index contributed by atoms with van der Waals surface area (Å²) in [5.41, 5.74) is 3.16. The Hall–Kier alpha value is -1.44. The minimum absolute atomic E-state index is 0.964. The average molecular weight is 188 g/mol. The minimum atomic E-state index is 0.964. The largest absolute Gasteiger partial charge is 0.155 e. The van der Waals surface area contributed by atoms with Crippen molar-refractivity contribution in [3.63, 3.8) is 0 Å². The normalized spacial score (nSPS) is 9.43. The molecule has 14 heavy (non-hydrogen) atoms. The van der Waals surface area contributed by atoms with Crippen molar-refractivity contribution in [1.29, 1.82) is 0 Å². The highest BCUT2D eigenvalue weighted by molar-refractivity contribution is 5.78. The van der Waals surface area contributed by atoms with Crippen LogP contribution in [0, 0.1) is 13.8 Å². The number of fused-ring (bicyclic) bond motifs is 1. The van der Waals surface area contributed by atoms with Gasteiger partial charge in [0, 0.05) is 5.39 Å². The lowest BCUT2D eigenvalue weighted by atomic mass is 10.1. The van der Waals surface area contributed by atoms with Crippen LogP contribution >= 0.6 is 0 Å². The van der Waals surface area contributed by atoms with Gasteiger partial charge in [0.05, 0.1) is 11.2 Å².